The first kappa shape index (κ1) is 15.8. The van der Waals surface area contributed by atoms with Crippen LogP contribution in [-0.2, 0) is 14.2 Å². The molecule has 0 spiro atoms. The van der Waals surface area contributed by atoms with E-state index in [2.05, 4.69) is 0 Å². The smallest absolute Gasteiger partial charge is 0.183 e. The third-order valence-corrected chi connectivity index (χ3v) is 3.34. The normalized spacial score (nSPS) is 32.5. The maximum Gasteiger partial charge on any atom is 0.183 e. The monoisotopic (exact) mass is 263 g/mol. The highest BCUT2D eigenvalue weighted by Gasteiger charge is 2.37. The number of hydrogen-bond donors (Lipinski definition) is 3. The van der Waals surface area contributed by atoms with Gasteiger partial charge < -0.3 is 30.2 Å². The summed E-state index contributed by atoms with van der Waals surface area (Å²) in [5.41, 5.74) is 5.04. The van der Waals surface area contributed by atoms with E-state index in [1.54, 1.807) is 20.8 Å². The third-order valence-electron chi connectivity index (χ3n) is 3.34. The van der Waals surface area contributed by atoms with Crippen molar-refractivity contribution in [3.63, 3.8) is 0 Å². The predicted molar refractivity (Wildman–Crippen MR) is 66.0 cm³/mol. The van der Waals surface area contributed by atoms with Crippen molar-refractivity contribution in [2.75, 3.05) is 13.7 Å². The topological polar surface area (TPSA) is 94.2 Å². The molecule has 1 aliphatic heterocycles. The summed E-state index contributed by atoms with van der Waals surface area (Å²) in [6.07, 6.45) is -1.46. The molecule has 6 nitrogen and oxygen atoms in total. The fourth-order valence-electron chi connectivity index (χ4n) is 1.72. The van der Waals surface area contributed by atoms with Gasteiger partial charge in [0.2, 0.25) is 0 Å². The van der Waals surface area contributed by atoms with E-state index in [9.17, 15) is 10.2 Å². The van der Waals surface area contributed by atoms with E-state index in [-0.39, 0.29) is 24.9 Å². The Morgan fingerprint density at radius 1 is 1.50 bits per heavy atom. The zero-order valence-corrected chi connectivity index (χ0v) is 11.5. The second-order valence-corrected chi connectivity index (χ2v) is 5.37. The van der Waals surface area contributed by atoms with Crippen molar-refractivity contribution >= 4 is 0 Å². The first-order chi connectivity index (χ1) is 8.25. The molecule has 108 valence electrons. The fourth-order valence-corrected chi connectivity index (χ4v) is 1.72. The molecule has 1 fully saturated rings. The summed E-state index contributed by atoms with van der Waals surface area (Å²) in [7, 11) is 1.48. The number of hydrogen-bond acceptors (Lipinski definition) is 6. The fraction of sp³-hybridized carbons (Fsp3) is 1.00. The Hall–Kier alpha value is -0.240. The van der Waals surface area contributed by atoms with Crippen molar-refractivity contribution in [3.8, 4) is 0 Å². The lowest BCUT2D eigenvalue weighted by atomic mass is 10.0. The highest BCUT2D eigenvalue weighted by Crippen LogP contribution is 2.23. The van der Waals surface area contributed by atoms with Crippen LogP contribution in [0.5, 0.6) is 0 Å². The molecule has 1 rings (SSSR count). The highest BCUT2D eigenvalue weighted by molar-refractivity contribution is 4.85. The standard InChI is InChI=1S/C12H25NO5/c1-7(12(2,3)15)17-6-8(13)10-5-9(14)11(16-4)18-10/h7-11,14-15H,5-6,13H2,1-4H3. The molecule has 5 unspecified atom stereocenters. The third kappa shape index (κ3) is 4.15. The minimum Gasteiger partial charge on any atom is -0.388 e. The van der Waals surface area contributed by atoms with Gasteiger partial charge in [0.15, 0.2) is 6.29 Å². The number of aliphatic hydroxyl groups is 2. The van der Waals surface area contributed by atoms with Crippen molar-refractivity contribution in [1.82, 2.24) is 0 Å². The molecule has 0 bridgehead atoms. The zero-order valence-electron chi connectivity index (χ0n) is 11.5. The van der Waals surface area contributed by atoms with Crippen LogP contribution in [0, 0.1) is 0 Å². The SMILES string of the molecule is COC1OC(C(N)COC(C)C(C)(C)O)CC1O. The summed E-state index contributed by atoms with van der Waals surface area (Å²) in [5.74, 6) is 0. The van der Waals surface area contributed by atoms with Gasteiger partial charge in [-0.15, -0.1) is 0 Å². The van der Waals surface area contributed by atoms with Crippen molar-refractivity contribution < 1.29 is 24.4 Å². The van der Waals surface area contributed by atoms with Gasteiger partial charge in [-0.3, -0.25) is 0 Å². The van der Waals surface area contributed by atoms with Gasteiger partial charge in [0.05, 0.1) is 30.5 Å². The first-order valence-electron chi connectivity index (χ1n) is 6.21. The summed E-state index contributed by atoms with van der Waals surface area (Å²) in [6.45, 7) is 5.41. The molecule has 0 aromatic carbocycles. The average molecular weight is 263 g/mol. The Bertz CT molecular complexity index is 255. The Kier molecular flexibility index (Phi) is 5.51. The van der Waals surface area contributed by atoms with Crippen LogP contribution in [-0.4, -0.2) is 60.2 Å². The van der Waals surface area contributed by atoms with Gasteiger partial charge in [-0.25, -0.2) is 0 Å². The highest BCUT2D eigenvalue weighted by atomic mass is 16.7. The molecule has 5 atom stereocenters. The lowest BCUT2D eigenvalue weighted by Gasteiger charge is -2.28. The molecular formula is C12H25NO5. The number of aliphatic hydroxyl groups excluding tert-OH is 1. The average Bonchev–Trinajstić information content (AvgIpc) is 2.65. The lowest BCUT2D eigenvalue weighted by molar-refractivity contribution is -0.156. The van der Waals surface area contributed by atoms with Gasteiger partial charge in [-0.1, -0.05) is 0 Å². The molecule has 18 heavy (non-hydrogen) atoms. The summed E-state index contributed by atoms with van der Waals surface area (Å²) in [5, 5.41) is 19.4. The van der Waals surface area contributed by atoms with E-state index in [1.165, 1.54) is 7.11 Å². The molecule has 0 amide bonds. The van der Waals surface area contributed by atoms with E-state index >= 15 is 0 Å². The van der Waals surface area contributed by atoms with Crippen molar-refractivity contribution in [2.45, 2.75) is 63.4 Å². The molecule has 0 aromatic rings. The second-order valence-electron chi connectivity index (χ2n) is 5.37. The molecule has 0 aromatic heterocycles. The molecule has 1 heterocycles. The molecule has 0 radical (unpaired) electrons. The summed E-state index contributed by atoms with van der Waals surface area (Å²) in [4.78, 5) is 0. The number of ether oxygens (including phenoxy) is 3. The van der Waals surface area contributed by atoms with Crippen LogP contribution in [0.4, 0.5) is 0 Å². The van der Waals surface area contributed by atoms with E-state index < -0.39 is 18.0 Å². The van der Waals surface area contributed by atoms with Crippen molar-refractivity contribution in [2.24, 2.45) is 5.73 Å². The lowest BCUT2D eigenvalue weighted by Crippen LogP contribution is -2.43. The minimum atomic E-state index is -0.912. The number of nitrogens with two attached hydrogens (primary N) is 1. The molecule has 0 saturated carbocycles. The van der Waals surface area contributed by atoms with E-state index in [4.69, 9.17) is 19.9 Å². The Labute approximate surface area is 108 Å². The maximum atomic E-state index is 9.73. The van der Waals surface area contributed by atoms with Gasteiger partial charge in [-0.05, 0) is 20.8 Å². The van der Waals surface area contributed by atoms with Crippen LogP contribution in [0.25, 0.3) is 0 Å². The summed E-state index contributed by atoms with van der Waals surface area (Å²) < 4.78 is 15.9. The van der Waals surface area contributed by atoms with Crippen molar-refractivity contribution in [3.05, 3.63) is 0 Å². The van der Waals surface area contributed by atoms with Gasteiger partial charge >= 0.3 is 0 Å². The van der Waals surface area contributed by atoms with Crippen molar-refractivity contribution in [1.29, 1.82) is 0 Å². The Morgan fingerprint density at radius 2 is 2.11 bits per heavy atom. The first-order valence-corrected chi connectivity index (χ1v) is 6.21. The maximum absolute atomic E-state index is 9.73. The molecule has 6 heteroatoms. The molecule has 1 aliphatic rings. The van der Waals surface area contributed by atoms with Crippen LogP contribution in [0.15, 0.2) is 0 Å². The Balaban J connectivity index is 2.36. The number of methoxy groups -OCH3 is 1. The largest absolute Gasteiger partial charge is 0.388 e. The second kappa shape index (κ2) is 6.27. The quantitative estimate of drug-likeness (QED) is 0.604. The van der Waals surface area contributed by atoms with Gasteiger partial charge in [0.25, 0.3) is 0 Å². The van der Waals surface area contributed by atoms with E-state index in [0.717, 1.165) is 0 Å². The molecule has 4 N–H and O–H groups in total. The van der Waals surface area contributed by atoms with Crippen LogP contribution in [0.3, 0.4) is 0 Å². The van der Waals surface area contributed by atoms with Gasteiger partial charge in [0, 0.05) is 13.5 Å². The summed E-state index contributed by atoms with van der Waals surface area (Å²) >= 11 is 0. The summed E-state index contributed by atoms with van der Waals surface area (Å²) in [6, 6.07) is -0.357. The van der Waals surface area contributed by atoms with Gasteiger partial charge in [0.1, 0.15) is 6.10 Å². The van der Waals surface area contributed by atoms with Crippen LogP contribution >= 0.6 is 0 Å². The van der Waals surface area contributed by atoms with E-state index in [0.29, 0.717) is 6.42 Å². The molecular weight excluding hydrogens is 238 g/mol. The zero-order chi connectivity index (χ0) is 13.9. The van der Waals surface area contributed by atoms with Crippen LogP contribution in [0.1, 0.15) is 27.2 Å². The van der Waals surface area contributed by atoms with Gasteiger partial charge in [-0.2, -0.15) is 0 Å². The molecule has 1 saturated heterocycles. The number of rotatable bonds is 6. The predicted octanol–water partition coefficient (Wildman–Crippen LogP) is -0.388. The van der Waals surface area contributed by atoms with E-state index in [1.807, 2.05) is 0 Å². The molecule has 0 aliphatic carbocycles. The van der Waals surface area contributed by atoms with Crippen LogP contribution in [0.2, 0.25) is 0 Å². The minimum absolute atomic E-state index is 0.263. The Morgan fingerprint density at radius 3 is 2.56 bits per heavy atom. The van der Waals surface area contributed by atoms with Crippen LogP contribution < -0.4 is 5.73 Å².